The van der Waals surface area contributed by atoms with Crippen LogP contribution in [0, 0.1) is 0 Å². The number of sulfonamides is 1. The summed E-state index contributed by atoms with van der Waals surface area (Å²) in [6.07, 6.45) is 0. The highest BCUT2D eigenvalue weighted by atomic mass is 79.9. The highest BCUT2D eigenvalue weighted by Gasteiger charge is 2.50. The molecule has 0 bridgehead atoms. The van der Waals surface area contributed by atoms with Crippen LogP contribution in [0.4, 0.5) is 0 Å². The van der Waals surface area contributed by atoms with Crippen molar-refractivity contribution < 1.29 is 8.42 Å². The van der Waals surface area contributed by atoms with Gasteiger partial charge in [0.1, 0.15) is 0 Å². The number of hydrogen-bond acceptors (Lipinski definition) is 2. The van der Waals surface area contributed by atoms with Crippen molar-refractivity contribution in [3.63, 3.8) is 0 Å². The molecule has 0 saturated carbocycles. The van der Waals surface area contributed by atoms with E-state index >= 15 is 0 Å². The Hall–Kier alpha value is -0.390. The van der Waals surface area contributed by atoms with Gasteiger partial charge in [0.25, 0.3) is 0 Å². The third-order valence-electron chi connectivity index (χ3n) is 3.90. The van der Waals surface area contributed by atoms with Gasteiger partial charge in [-0.2, -0.15) is 4.31 Å². The van der Waals surface area contributed by atoms with Gasteiger partial charge in [0.05, 0.1) is 10.4 Å². The monoisotopic (exact) mass is 359 g/mol. The van der Waals surface area contributed by atoms with Crippen LogP contribution in [-0.4, -0.2) is 18.8 Å². The summed E-state index contributed by atoms with van der Waals surface area (Å²) >= 11 is 3.52. The average Bonchev–Trinajstić information content (AvgIpc) is 2.40. The fourth-order valence-corrected chi connectivity index (χ4v) is 6.33. The summed E-state index contributed by atoms with van der Waals surface area (Å²) in [5, 5.41) is 0. The molecule has 0 fully saturated rings. The minimum absolute atomic E-state index is 0.0683. The zero-order valence-corrected chi connectivity index (χ0v) is 15.3. The number of hydrogen-bond donors (Lipinski definition) is 0. The van der Waals surface area contributed by atoms with E-state index in [4.69, 9.17) is 0 Å². The maximum Gasteiger partial charge on any atom is 0.244 e. The van der Waals surface area contributed by atoms with E-state index < -0.39 is 15.6 Å². The summed E-state index contributed by atoms with van der Waals surface area (Å²) in [7, 11) is -3.43. The molecule has 0 spiro atoms. The Labute approximate surface area is 130 Å². The van der Waals surface area contributed by atoms with Crippen LogP contribution in [0.5, 0.6) is 0 Å². The molecule has 0 unspecified atom stereocenters. The van der Waals surface area contributed by atoms with Crippen LogP contribution in [0.2, 0.25) is 0 Å². The Balaban J connectivity index is 2.89. The van der Waals surface area contributed by atoms with Gasteiger partial charge in [-0.05, 0) is 56.9 Å². The van der Waals surface area contributed by atoms with Crippen LogP contribution >= 0.6 is 15.9 Å². The first-order valence-corrected chi connectivity index (χ1v) is 9.13. The third kappa shape index (κ3) is 2.14. The lowest BCUT2D eigenvalue weighted by Crippen LogP contribution is -2.43. The summed E-state index contributed by atoms with van der Waals surface area (Å²) in [5.74, 6) is 0.166. The van der Waals surface area contributed by atoms with E-state index in [1.165, 1.54) is 0 Å². The fourth-order valence-electron chi connectivity index (χ4n) is 3.23. The molecule has 0 radical (unpaired) electrons. The number of nitrogens with zero attached hydrogens (tertiary/aromatic N) is 1. The minimum atomic E-state index is -3.43. The quantitative estimate of drug-likeness (QED) is 0.792. The van der Waals surface area contributed by atoms with Gasteiger partial charge in [0, 0.05) is 10.5 Å². The number of rotatable bonds is 2. The number of halogens is 1. The lowest BCUT2D eigenvalue weighted by atomic mass is 9.90. The fraction of sp³-hybridized carbons (Fsp3) is 0.600. The second-order valence-electron chi connectivity index (χ2n) is 6.48. The molecule has 0 aromatic heterocycles. The van der Waals surface area contributed by atoms with E-state index in [0.717, 1.165) is 15.6 Å². The van der Waals surface area contributed by atoms with Crippen molar-refractivity contribution in [1.29, 1.82) is 0 Å². The summed E-state index contributed by atoms with van der Waals surface area (Å²) < 4.78 is 28.5. The largest absolute Gasteiger partial charge is 0.244 e. The normalized spacial score (nSPS) is 20.6. The second-order valence-corrected chi connectivity index (χ2v) is 9.15. The van der Waals surface area contributed by atoms with Gasteiger partial charge >= 0.3 is 0 Å². The van der Waals surface area contributed by atoms with E-state index in [9.17, 15) is 8.42 Å². The summed E-state index contributed by atoms with van der Waals surface area (Å²) in [5.41, 5.74) is 1.27. The van der Waals surface area contributed by atoms with E-state index in [1.807, 2.05) is 53.7 Å². The van der Waals surface area contributed by atoms with Crippen molar-refractivity contribution in [2.24, 2.45) is 0 Å². The summed E-state index contributed by atoms with van der Waals surface area (Å²) in [6.45, 7) is 11.9. The maximum absolute atomic E-state index is 13.0. The van der Waals surface area contributed by atoms with Crippen LogP contribution < -0.4 is 0 Å². The molecule has 0 amide bonds. The van der Waals surface area contributed by atoms with Crippen LogP contribution in [0.3, 0.4) is 0 Å². The van der Waals surface area contributed by atoms with Gasteiger partial charge in [-0.25, -0.2) is 8.42 Å². The molecule has 20 heavy (non-hydrogen) atoms. The topological polar surface area (TPSA) is 37.4 Å². The Kier molecular flexibility index (Phi) is 3.85. The second kappa shape index (κ2) is 4.82. The number of benzene rings is 1. The molecule has 1 aliphatic rings. The molecule has 1 aromatic carbocycles. The Morgan fingerprint density at radius 1 is 1.15 bits per heavy atom. The van der Waals surface area contributed by atoms with Crippen molar-refractivity contribution >= 4 is 26.0 Å². The molecule has 3 nitrogen and oxygen atoms in total. The van der Waals surface area contributed by atoms with Gasteiger partial charge in [-0.3, -0.25) is 0 Å². The van der Waals surface area contributed by atoms with Gasteiger partial charge in [-0.15, -0.1) is 0 Å². The van der Waals surface area contributed by atoms with Crippen molar-refractivity contribution in [2.75, 3.05) is 0 Å². The third-order valence-corrected chi connectivity index (χ3v) is 6.73. The average molecular weight is 360 g/mol. The maximum atomic E-state index is 13.0. The van der Waals surface area contributed by atoms with Gasteiger partial charge < -0.3 is 0 Å². The lowest BCUT2D eigenvalue weighted by Gasteiger charge is -2.33. The summed E-state index contributed by atoms with van der Waals surface area (Å²) in [4.78, 5) is 0.509. The minimum Gasteiger partial charge on any atom is -0.207 e. The van der Waals surface area contributed by atoms with Crippen molar-refractivity contribution in [2.45, 2.75) is 63.9 Å². The predicted octanol–water partition coefficient (Wildman–Crippen LogP) is 4.22. The molecule has 112 valence electrons. The molecule has 2 rings (SSSR count). The Morgan fingerprint density at radius 3 is 2.15 bits per heavy atom. The predicted molar refractivity (Wildman–Crippen MR) is 85.4 cm³/mol. The van der Waals surface area contributed by atoms with Crippen molar-refractivity contribution in [3.05, 3.63) is 27.7 Å². The van der Waals surface area contributed by atoms with Crippen molar-refractivity contribution in [1.82, 2.24) is 4.31 Å². The van der Waals surface area contributed by atoms with Crippen molar-refractivity contribution in [3.8, 4) is 0 Å². The SMILES string of the molecule is CC(C)c1cc(Br)cc2c1S(=O)(=O)N(C(C)C)C2(C)C. The Bertz CT molecular complexity index is 648. The number of fused-ring (bicyclic) bond motifs is 1. The zero-order valence-electron chi connectivity index (χ0n) is 12.9. The first-order valence-electron chi connectivity index (χ1n) is 6.89. The Morgan fingerprint density at radius 2 is 1.70 bits per heavy atom. The smallest absolute Gasteiger partial charge is 0.207 e. The molecule has 0 saturated heterocycles. The van der Waals surface area contributed by atoms with E-state index in [1.54, 1.807) is 4.31 Å². The molecule has 0 N–H and O–H groups in total. The molecule has 1 heterocycles. The summed E-state index contributed by atoms with van der Waals surface area (Å²) in [6, 6.07) is 3.81. The molecule has 0 aliphatic carbocycles. The van der Waals surface area contributed by atoms with Crippen LogP contribution in [0.1, 0.15) is 58.6 Å². The lowest BCUT2D eigenvalue weighted by molar-refractivity contribution is 0.204. The zero-order chi connectivity index (χ0) is 15.5. The molecule has 0 atom stereocenters. The van der Waals surface area contributed by atoms with Gasteiger partial charge in [0.2, 0.25) is 10.0 Å². The van der Waals surface area contributed by atoms with Gasteiger partial charge in [-0.1, -0.05) is 29.8 Å². The standard InChI is InChI=1S/C15H22BrNO2S/c1-9(2)12-7-11(16)8-13-14(12)20(18,19)17(10(3)4)15(13,5)6/h7-10H,1-6H3. The van der Waals surface area contributed by atoms with Crippen LogP contribution in [0.15, 0.2) is 21.5 Å². The molecular weight excluding hydrogens is 338 g/mol. The van der Waals surface area contributed by atoms with E-state index in [0.29, 0.717) is 4.90 Å². The van der Waals surface area contributed by atoms with E-state index in [2.05, 4.69) is 15.9 Å². The highest BCUT2D eigenvalue weighted by molar-refractivity contribution is 9.10. The first kappa shape index (κ1) is 16.0. The first-order chi connectivity index (χ1) is 9.01. The van der Waals surface area contributed by atoms with E-state index in [-0.39, 0.29) is 12.0 Å². The molecular formula is C15H22BrNO2S. The van der Waals surface area contributed by atoms with Crippen LogP contribution in [-0.2, 0) is 15.6 Å². The highest BCUT2D eigenvalue weighted by Crippen LogP contribution is 2.48. The molecule has 1 aliphatic heterocycles. The van der Waals surface area contributed by atoms with Crippen LogP contribution in [0.25, 0.3) is 0 Å². The molecule has 1 aromatic rings. The van der Waals surface area contributed by atoms with Gasteiger partial charge in [0.15, 0.2) is 0 Å². The molecule has 5 heteroatoms.